The van der Waals surface area contributed by atoms with Crippen LogP contribution in [0.1, 0.15) is 10.4 Å². The number of ether oxygens (including phenoxy) is 2. The van der Waals surface area contributed by atoms with Crippen molar-refractivity contribution in [1.29, 1.82) is 0 Å². The molecule has 1 aliphatic rings. The number of carbonyl (C=O) groups is 1. The summed E-state index contributed by atoms with van der Waals surface area (Å²) in [4.78, 5) is 12.5. The zero-order valence-corrected chi connectivity index (χ0v) is 12.1. The second-order valence-corrected chi connectivity index (χ2v) is 5.06. The molecule has 0 fully saturated rings. The van der Waals surface area contributed by atoms with E-state index in [1.165, 1.54) is 0 Å². The van der Waals surface area contributed by atoms with E-state index in [1.54, 1.807) is 30.6 Å². The molecule has 1 aromatic heterocycles. The summed E-state index contributed by atoms with van der Waals surface area (Å²) in [7, 11) is 0. The lowest BCUT2D eigenvalue weighted by atomic mass is 10.1. The molecule has 0 saturated carbocycles. The van der Waals surface area contributed by atoms with Crippen molar-refractivity contribution in [3.8, 4) is 22.6 Å². The second-order valence-electron chi connectivity index (χ2n) is 5.06. The van der Waals surface area contributed by atoms with Crippen LogP contribution in [0.15, 0.2) is 54.9 Å². The van der Waals surface area contributed by atoms with Gasteiger partial charge in [-0.3, -0.25) is 9.89 Å². The van der Waals surface area contributed by atoms with E-state index in [2.05, 4.69) is 15.5 Å². The third-order valence-electron chi connectivity index (χ3n) is 3.59. The van der Waals surface area contributed by atoms with Crippen molar-refractivity contribution in [2.45, 2.75) is 0 Å². The van der Waals surface area contributed by atoms with Crippen molar-refractivity contribution in [1.82, 2.24) is 10.2 Å². The molecule has 0 radical (unpaired) electrons. The van der Waals surface area contributed by atoms with Gasteiger partial charge in [0.1, 0.15) is 0 Å². The normalized spacial score (nSPS) is 12.2. The van der Waals surface area contributed by atoms with Gasteiger partial charge in [-0.15, -0.1) is 0 Å². The highest BCUT2D eigenvalue weighted by Gasteiger charge is 2.21. The van der Waals surface area contributed by atoms with E-state index in [9.17, 15) is 4.79 Å². The van der Waals surface area contributed by atoms with Gasteiger partial charge < -0.3 is 14.8 Å². The summed E-state index contributed by atoms with van der Waals surface area (Å²) in [6, 6.07) is 12.8. The van der Waals surface area contributed by atoms with Gasteiger partial charge in [0, 0.05) is 17.4 Å². The third kappa shape index (κ3) is 2.50. The maximum Gasteiger partial charge on any atom is 0.259 e. The van der Waals surface area contributed by atoms with Gasteiger partial charge in [0.25, 0.3) is 5.91 Å². The summed E-state index contributed by atoms with van der Waals surface area (Å²) in [5.74, 6) is 0.831. The number of rotatable bonds is 3. The maximum atomic E-state index is 12.5. The van der Waals surface area contributed by atoms with Crippen LogP contribution in [0, 0.1) is 0 Å². The number of aromatic nitrogens is 2. The first-order chi connectivity index (χ1) is 11.3. The molecule has 2 aromatic carbocycles. The molecule has 0 saturated heterocycles. The number of amides is 1. The molecule has 1 aliphatic heterocycles. The number of nitrogens with one attached hydrogen (secondary N) is 2. The summed E-state index contributed by atoms with van der Waals surface area (Å²) in [6.45, 7) is 0.135. The number of hydrogen-bond acceptors (Lipinski definition) is 4. The van der Waals surface area contributed by atoms with E-state index in [-0.39, 0.29) is 12.7 Å². The fourth-order valence-electron chi connectivity index (χ4n) is 2.49. The van der Waals surface area contributed by atoms with Gasteiger partial charge in [-0.25, -0.2) is 0 Å². The van der Waals surface area contributed by atoms with E-state index in [1.807, 2.05) is 24.3 Å². The Morgan fingerprint density at radius 1 is 1.13 bits per heavy atom. The molecule has 2 N–H and O–H groups in total. The number of hydrogen-bond donors (Lipinski definition) is 2. The first-order valence-electron chi connectivity index (χ1n) is 7.10. The smallest absolute Gasteiger partial charge is 0.259 e. The van der Waals surface area contributed by atoms with Crippen LogP contribution >= 0.6 is 0 Å². The van der Waals surface area contributed by atoms with Gasteiger partial charge in [0.05, 0.1) is 11.8 Å². The molecular weight excluding hydrogens is 294 g/mol. The molecule has 0 spiro atoms. The second kappa shape index (κ2) is 5.49. The predicted octanol–water partition coefficient (Wildman–Crippen LogP) is 3.06. The lowest BCUT2D eigenvalue weighted by molar-refractivity contribution is 0.102. The number of carbonyl (C=O) groups excluding carboxylic acids is 1. The van der Waals surface area contributed by atoms with Gasteiger partial charge in [-0.2, -0.15) is 5.10 Å². The molecule has 0 bridgehead atoms. The van der Waals surface area contributed by atoms with E-state index in [0.717, 1.165) is 11.1 Å². The van der Waals surface area contributed by atoms with Crippen molar-refractivity contribution >= 4 is 11.6 Å². The van der Waals surface area contributed by atoms with Crippen LogP contribution in [-0.4, -0.2) is 22.9 Å². The number of aromatic amines is 1. The number of anilines is 1. The van der Waals surface area contributed by atoms with E-state index in [4.69, 9.17) is 9.47 Å². The number of nitrogens with zero attached hydrogens (tertiary/aromatic N) is 1. The minimum Gasteiger partial charge on any atom is -0.454 e. The summed E-state index contributed by atoms with van der Waals surface area (Å²) < 4.78 is 10.7. The summed E-state index contributed by atoms with van der Waals surface area (Å²) in [5, 5.41) is 9.59. The van der Waals surface area contributed by atoms with Crippen molar-refractivity contribution < 1.29 is 14.3 Å². The quantitative estimate of drug-likeness (QED) is 0.779. The average Bonchev–Trinajstić information content (AvgIpc) is 3.26. The van der Waals surface area contributed by atoms with E-state index >= 15 is 0 Å². The highest BCUT2D eigenvalue weighted by atomic mass is 16.7. The van der Waals surface area contributed by atoms with Crippen LogP contribution < -0.4 is 14.8 Å². The summed E-state index contributed by atoms with van der Waals surface area (Å²) in [6.07, 6.45) is 3.53. The van der Waals surface area contributed by atoms with Crippen LogP contribution in [0.4, 0.5) is 5.69 Å². The standard InChI is InChI=1S/C17H13N3O3/c21-17(14-5-2-6-15-16(14)23-10-22-15)20-13-4-1-3-11(7-13)12-8-18-19-9-12/h1-9H,10H2,(H,18,19)(H,20,21). The largest absolute Gasteiger partial charge is 0.454 e. The van der Waals surface area contributed by atoms with Gasteiger partial charge in [-0.05, 0) is 29.8 Å². The van der Waals surface area contributed by atoms with E-state index < -0.39 is 0 Å². The molecule has 6 heteroatoms. The lowest BCUT2D eigenvalue weighted by Gasteiger charge is -2.08. The Morgan fingerprint density at radius 2 is 2.04 bits per heavy atom. The van der Waals surface area contributed by atoms with Gasteiger partial charge in [0.15, 0.2) is 11.5 Å². The number of H-pyrrole nitrogens is 1. The van der Waals surface area contributed by atoms with Crippen molar-refractivity contribution in [2.24, 2.45) is 0 Å². The Bertz CT molecular complexity index is 859. The Kier molecular flexibility index (Phi) is 3.20. The van der Waals surface area contributed by atoms with Crippen LogP contribution in [0.25, 0.3) is 11.1 Å². The van der Waals surface area contributed by atoms with Crippen molar-refractivity contribution in [2.75, 3.05) is 12.1 Å². The monoisotopic (exact) mass is 307 g/mol. The Balaban J connectivity index is 1.60. The SMILES string of the molecule is O=C(Nc1cccc(-c2cn[nH]c2)c1)c1cccc2c1OCO2. The van der Waals surface area contributed by atoms with Gasteiger partial charge >= 0.3 is 0 Å². The minimum atomic E-state index is -0.239. The number of para-hydroxylation sites is 1. The molecule has 0 aliphatic carbocycles. The van der Waals surface area contributed by atoms with Crippen LogP contribution in [0.5, 0.6) is 11.5 Å². The Morgan fingerprint density at radius 3 is 2.91 bits per heavy atom. The van der Waals surface area contributed by atoms with Crippen molar-refractivity contribution in [3.05, 3.63) is 60.4 Å². The summed E-state index contributed by atoms with van der Waals surface area (Å²) >= 11 is 0. The topological polar surface area (TPSA) is 76.2 Å². The molecule has 1 amide bonds. The maximum absolute atomic E-state index is 12.5. The average molecular weight is 307 g/mol. The molecule has 114 valence electrons. The van der Waals surface area contributed by atoms with E-state index in [0.29, 0.717) is 22.7 Å². The van der Waals surface area contributed by atoms with Crippen LogP contribution in [-0.2, 0) is 0 Å². The highest BCUT2D eigenvalue weighted by Crippen LogP contribution is 2.35. The minimum absolute atomic E-state index is 0.135. The molecule has 23 heavy (non-hydrogen) atoms. The first kappa shape index (κ1) is 13.4. The highest BCUT2D eigenvalue weighted by molar-refractivity contribution is 6.07. The molecule has 6 nitrogen and oxygen atoms in total. The molecule has 4 rings (SSSR count). The zero-order chi connectivity index (χ0) is 15.6. The molecule has 0 unspecified atom stereocenters. The molecule has 0 atom stereocenters. The fourth-order valence-corrected chi connectivity index (χ4v) is 2.49. The van der Waals surface area contributed by atoms with Gasteiger partial charge in [0.2, 0.25) is 6.79 Å². The lowest BCUT2D eigenvalue weighted by Crippen LogP contribution is -2.12. The van der Waals surface area contributed by atoms with Crippen LogP contribution in [0.2, 0.25) is 0 Å². The predicted molar refractivity (Wildman–Crippen MR) is 84.5 cm³/mol. The molecular formula is C17H13N3O3. The molecule has 3 aromatic rings. The Labute approximate surface area is 132 Å². The Hall–Kier alpha value is -3.28. The molecule has 2 heterocycles. The first-order valence-corrected chi connectivity index (χ1v) is 7.10. The fraction of sp³-hybridized carbons (Fsp3) is 0.0588. The summed E-state index contributed by atoms with van der Waals surface area (Å²) in [5.41, 5.74) is 3.08. The van der Waals surface area contributed by atoms with Crippen LogP contribution in [0.3, 0.4) is 0 Å². The van der Waals surface area contributed by atoms with Gasteiger partial charge in [-0.1, -0.05) is 18.2 Å². The zero-order valence-electron chi connectivity index (χ0n) is 12.1. The third-order valence-corrected chi connectivity index (χ3v) is 3.59. The van der Waals surface area contributed by atoms with Crippen molar-refractivity contribution in [3.63, 3.8) is 0 Å². The number of benzene rings is 2. The number of fused-ring (bicyclic) bond motifs is 1.